The minimum Gasteiger partial charge on any atom is -0.368 e. The van der Waals surface area contributed by atoms with Crippen LogP contribution < -0.4 is 10.6 Å². The first-order chi connectivity index (χ1) is 10.2. The van der Waals surface area contributed by atoms with Crippen LogP contribution in [0.2, 0.25) is 0 Å². The molecule has 0 aromatic carbocycles. The first kappa shape index (κ1) is 14.5. The van der Waals surface area contributed by atoms with Crippen LogP contribution in [0.4, 0.5) is 20.4 Å². The summed E-state index contributed by atoms with van der Waals surface area (Å²) in [5.74, 6) is -0.970. The van der Waals surface area contributed by atoms with Gasteiger partial charge in [-0.1, -0.05) is 6.92 Å². The Labute approximate surface area is 123 Å². The molecule has 6 heteroatoms. The molecular weight excluding hydrogens is 274 g/mol. The molecule has 2 atom stereocenters. The SMILES string of the molecule is CCCNc1nc(NC2CCN3CCCC23)c(F)cc1F. The lowest BCUT2D eigenvalue weighted by molar-refractivity contribution is 0.318. The van der Waals surface area contributed by atoms with Crippen molar-refractivity contribution in [2.45, 2.75) is 44.7 Å². The van der Waals surface area contributed by atoms with Gasteiger partial charge in [0.05, 0.1) is 0 Å². The van der Waals surface area contributed by atoms with Crippen LogP contribution in [0.15, 0.2) is 6.07 Å². The van der Waals surface area contributed by atoms with Gasteiger partial charge in [-0.2, -0.15) is 0 Å². The minimum absolute atomic E-state index is 0.127. The number of aromatic nitrogens is 1. The molecule has 0 spiro atoms. The van der Waals surface area contributed by atoms with Crippen molar-refractivity contribution in [3.8, 4) is 0 Å². The summed E-state index contributed by atoms with van der Waals surface area (Å²) in [5, 5.41) is 6.09. The molecule has 2 unspecified atom stereocenters. The molecule has 3 heterocycles. The van der Waals surface area contributed by atoms with Crippen molar-refractivity contribution in [1.82, 2.24) is 9.88 Å². The fraction of sp³-hybridized carbons (Fsp3) is 0.667. The monoisotopic (exact) mass is 296 g/mol. The van der Waals surface area contributed by atoms with Crippen molar-refractivity contribution >= 4 is 11.6 Å². The van der Waals surface area contributed by atoms with E-state index in [1.54, 1.807) is 0 Å². The predicted octanol–water partition coefficient (Wildman–Crippen LogP) is 2.83. The second-order valence-corrected chi connectivity index (χ2v) is 5.86. The van der Waals surface area contributed by atoms with Gasteiger partial charge in [0.2, 0.25) is 0 Å². The lowest BCUT2D eigenvalue weighted by Gasteiger charge is -2.22. The molecule has 2 aliphatic heterocycles. The summed E-state index contributed by atoms with van der Waals surface area (Å²) in [4.78, 5) is 6.54. The highest BCUT2D eigenvalue weighted by atomic mass is 19.1. The van der Waals surface area contributed by atoms with Crippen LogP contribution in [0, 0.1) is 11.6 Å². The minimum atomic E-state index is -0.639. The summed E-state index contributed by atoms with van der Waals surface area (Å²) in [6.45, 7) is 4.78. The maximum absolute atomic E-state index is 13.9. The molecule has 116 valence electrons. The van der Waals surface area contributed by atoms with E-state index in [1.165, 1.54) is 6.42 Å². The van der Waals surface area contributed by atoms with Crippen molar-refractivity contribution in [1.29, 1.82) is 0 Å². The van der Waals surface area contributed by atoms with Gasteiger partial charge in [0.1, 0.15) is 0 Å². The maximum atomic E-state index is 13.9. The number of rotatable bonds is 5. The fourth-order valence-electron chi connectivity index (χ4n) is 3.36. The van der Waals surface area contributed by atoms with E-state index in [1.807, 2.05) is 6.92 Å². The first-order valence-corrected chi connectivity index (χ1v) is 7.79. The summed E-state index contributed by atoms with van der Waals surface area (Å²) in [7, 11) is 0. The van der Waals surface area contributed by atoms with Crippen molar-refractivity contribution in [2.75, 3.05) is 30.3 Å². The zero-order chi connectivity index (χ0) is 14.8. The topological polar surface area (TPSA) is 40.2 Å². The van der Waals surface area contributed by atoms with Crippen LogP contribution in [0.25, 0.3) is 0 Å². The van der Waals surface area contributed by atoms with Gasteiger partial charge in [0, 0.05) is 31.2 Å². The van der Waals surface area contributed by atoms with Crippen LogP contribution in [-0.2, 0) is 0 Å². The Bertz CT molecular complexity index is 509. The Hall–Kier alpha value is -1.43. The van der Waals surface area contributed by atoms with Crippen molar-refractivity contribution < 1.29 is 8.78 Å². The van der Waals surface area contributed by atoms with Gasteiger partial charge < -0.3 is 10.6 Å². The van der Waals surface area contributed by atoms with Gasteiger partial charge in [-0.05, 0) is 32.2 Å². The molecule has 2 fully saturated rings. The largest absolute Gasteiger partial charge is 0.368 e. The Kier molecular flexibility index (Phi) is 4.24. The van der Waals surface area contributed by atoms with Gasteiger partial charge in [0.25, 0.3) is 0 Å². The van der Waals surface area contributed by atoms with E-state index in [4.69, 9.17) is 0 Å². The molecule has 0 radical (unpaired) electrons. The summed E-state index contributed by atoms with van der Waals surface area (Å²) >= 11 is 0. The molecule has 0 amide bonds. The molecule has 4 nitrogen and oxygen atoms in total. The van der Waals surface area contributed by atoms with Gasteiger partial charge in [0.15, 0.2) is 23.3 Å². The molecule has 21 heavy (non-hydrogen) atoms. The van der Waals surface area contributed by atoms with Gasteiger partial charge in [-0.3, -0.25) is 4.90 Å². The highest BCUT2D eigenvalue weighted by Gasteiger charge is 2.37. The summed E-state index contributed by atoms with van der Waals surface area (Å²) in [6.07, 6.45) is 4.19. The normalized spacial score (nSPS) is 25.1. The van der Waals surface area contributed by atoms with E-state index < -0.39 is 11.6 Å². The van der Waals surface area contributed by atoms with E-state index in [0.717, 1.165) is 38.4 Å². The maximum Gasteiger partial charge on any atom is 0.168 e. The van der Waals surface area contributed by atoms with E-state index in [-0.39, 0.29) is 17.7 Å². The Morgan fingerprint density at radius 2 is 2.05 bits per heavy atom. The third-order valence-electron chi connectivity index (χ3n) is 4.40. The molecule has 0 saturated carbocycles. The van der Waals surface area contributed by atoms with Crippen LogP contribution in [-0.4, -0.2) is 41.6 Å². The third-order valence-corrected chi connectivity index (χ3v) is 4.40. The first-order valence-electron chi connectivity index (χ1n) is 7.79. The number of hydrogen-bond acceptors (Lipinski definition) is 4. The molecule has 1 aromatic rings. The zero-order valence-corrected chi connectivity index (χ0v) is 12.3. The quantitative estimate of drug-likeness (QED) is 0.876. The van der Waals surface area contributed by atoms with Crippen molar-refractivity contribution in [2.24, 2.45) is 0 Å². The predicted molar refractivity (Wildman–Crippen MR) is 79.6 cm³/mol. The Morgan fingerprint density at radius 3 is 2.86 bits per heavy atom. The highest BCUT2D eigenvalue weighted by Crippen LogP contribution is 2.30. The number of hydrogen-bond donors (Lipinski definition) is 2. The average molecular weight is 296 g/mol. The number of nitrogens with one attached hydrogen (secondary N) is 2. The number of halogens is 2. The van der Waals surface area contributed by atoms with Crippen LogP contribution >= 0.6 is 0 Å². The van der Waals surface area contributed by atoms with Crippen molar-refractivity contribution in [3.05, 3.63) is 17.7 Å². The summed E-state index contributed by atoms with van der Waals surface area (Å²) in [5.41, 5.74) is 0. The lowest BCUT2D eigenvalue weighted by atomic mass is 10.1. The van der Waals surface area contributed by atoms with Crippen LogP contribution in [0.1, 0.15) is 32.6 Å². The van der Waals surface area contributed by atoms with Crippen LogP contribution in [0.5, 0.6) is 0 Å². The number of fused-ring (bicyclic) bond motifs is 1. The van der Waals surface area contributed by atoms with Gasteiger partial charge >= 0.3 is 0 Å². The molecular formula is C15H22F2N4. The van der Waals surface area contributed by atoms with Gasteiger partial charge in [-0.15, -0.1) is 0 Å². The third kappa shape index (κ3) is 2.95. The zero-order valence-electron chi connectivity index (χ0n) is 12.3. The Balaban J connectivity index is 1.75. The number of anilines is 2. The standard InChI is InChI=1S/C15H22F2N4/c1-2-6-18-14-10(16)9-11(17)15(20-14)19-12-5-8-21-7-3-4-13(12)21/h9,12-13H,2-8H2,1H3,(H2,18,19,20). The molecule has 2 saturated heterocycles. The molecule has 1 aromatic heterocycles. The molecule has 0 bridgehead atoms. The highest BCUT2D eigenvalue weighted by molar-refractivity contribution is 5.48. The lowest BCUT2D eigenvalue weighted by Crippen LogP contribution is -2.34. The number of nitrogens with zero attached hydrogens (tertiary/aromatic N) is 2. The molecule has 2 aliphatic rings. The second-order valence-electron chi connectivity index (χ2n) is 5.86. The van der Waals surface area contributed by atoms with Gasteiger partial charge in [-0.25, -0.2) is 13.8 Å². The second kappa shape index (κ2) is 6.13. The van der Waals surface area contributed by atoms with Crippen molar-refractivity contribution in [3.63, 3.8) is 0 Å². The average Bonchev–Trinajstić information content (AvgIpc) is 3.05. The fourth-order valence-corrected chi connectivity index (χ4v) is 3.36. The molecule has 3 rings (SSSR count). The summed E-state index contributed by atoms with van der Waals surface area (Å²) in [6, 6.07) is 1.58. The number of pyridine rings is 1. The van der Waals surface area contributed by atoms with E-state index >= 15 is 0 Å². The molecule has 2 N–H and O–H groups in total. The van der Waals surface area contributed by atoms with E-state index in [9.17, 15) is 8.78 Å². The van der Waals surface area contributed by atoms with E-state index in [2.05, 4.69) is 20.5 Å². The van der Waals surface area contributed by atoms with E-state index in [0.29, 0.717) is 12.6 Å². The van der Waals surface area contributed by atoms with Crippen LogP contribution in [0.3, 0.4) is 0 Å². The Morgan fingerprint density at radius 1 is 1.24 bits per heavy atom. The smallest absolute Gasteiger partial charge is 0.168 e. The molecule has 0 aliphatic carbocycles. The summed E-state index contributed by atoms with van der Waals surface area (Å²) < 4.78 is 27.6.